The average Bonchev–Trinajstić information content (AvgIpc) is 2.73. The number of rotatable bonds is 8. The van der Waals surface area contributed by atoms with Crippen molar-refractivity contribution in [2.24, 2.45) is 0 Å². The predicted molar refractivity (Wildman–Crippen MR) is 108 cm³/mol. The molecular weight excluding hydrogens is 336 g/mol. The first-order chi connectivity index (χ1) is 13.3. The van der Waals surface area contributed by atoms with Gasteiger partial charge in [0.2, 0.25) is 0 Å². The van der Waals surface area contributed by atoms with Crippen molar-refractivity contribution >= 4 is 11.7 Å². The maximum absolute atomic E-state index is 12.5. The summed E-state index contributed by atoms with van der Waals surface area (Å²) in [6.07, 6.45) is 1.98. The van der Waals surface area contributed by atoms with Gasteiger partial charge in [-0.1, -0.05) is 74.0 Å². The Bertz CT molecular complexity index is 866. The summed E-state index contributed by atoms with van der Waals surface area (Å²) in [4.78, 5) is 21.6. The number of carbonyl (C=O) groups is 1. The third-order valence-electron chi connectivity index (χ3n) is 4.12. The minimum Gasteiger partial charge on any atom is -0.366 e. The Balaban J connectivity index is 1.84. The van der Waals surface area contributed by atoms with Crippen LogP contribution in [0, 0.1) is 0 Å². The van der Waals surface area contributed by atoms with Gasteiger partial charge in [-0.15, -0.1) is 0 Å². The topological polar surface area (TPSA) is 66.9 Å². The standard InChI is InChI=1S/C22H24N4O/c1-2-3-14-23-22(27)19-15-20(24-16-17-10-6-4-7-11-17)26-21(25-19)18-12-8-5-9-13-18/h4-13,15H,2-3,14,16H2,1H3,(H,23,27)(H,24,25,26). The fourth-order valence-corrected chi connectivity index (χ4v) is 2.63. The van der Waals surface area contributed by atoms with Gasteiger partial charge < -0.3 is 10.6 Å². The SMILES string of the molecule is CCCCNC(=O)c1cc(NCc2ccccc2)nc(-c2ccccc2)n1. The lowest BCUT2D eigenvalue weighted by Crippen LogP contribution is -2.25. The Labute approximate surface area is 159 Å². The van der Waals surface area contributed by atoms with Crippen LogP contribution in [0.1, 0.15) is 35.8 Å². The molecule has 3 aromatic rings. The van der Waals surface area contributed by atoms with Gasteiger partial charge in [-0.25, -0.2) is 9.97 Å². The molecule has 27 heavy (non-hydrogen) atoms. The average molecular weight is 360 g/mol. The van der Waals surface area contributed by atoms with Gasteiger partial charge in [-0.2, -0.15) is 0 Å². The normalized spacial score (nSPS) is 10.4. The molecule has 0 unspecified atom stereocenters. The van der Waals surface area contributed by atoms with Gasteiger partial charge in [-0.05, 0) is 12.0 Å². The highest BCUT2D eigenvalue weighted by molar-refractivity contribution is 5.93. The van der Waals surface area contributed by atoms with Crippen molar-refractivity contribution in [3.63, 3.8) is 0 Å². The van der Waals surface area contributed by atoms with E-state index in [0.717, 1.165) is 24.0 Å². The zero-order valence-corrected chi connectivity index (χ0v) is 15.5. The summed E-state index contributed by atoms with van der Waals surface area (Å²) in [7, 11) is 0. The van der Waals surface area contributed by atoms with Crippen LogP contribution in [0.15, 0.2) is 66.7 Å². The summed E-state index contributed by atoms with van der Waals surface area (Å²) in [6.45, 7) is 3.37. The molecule has 0 bridgehead atoms. The first-order valence-electron chi connectivity index (χ1n) is 9.27. The van der Waals surface area contributed by atoms with E-state index in [0.29, 0.717) is 30.4 Å². The van der Waals surface area contributed by atoms with Crippen LogP contribution in [0.5, 0.6) is 0 Å². The molecule has 1 amide bonds. The zero-order chi connectivity index (χ0) is 18.9. The van der Waals surface area contributed by atoms with Crippen molar-refractivity contribution in [2.75, 3.05) is 11.9 Å². The first kappa shape index (κ1) is 18.6. The Morgan fingerprint density at radius 2 is 1.67 bits per heavy atom. The van der Waals surface area contributed by atoms with E-state index in [-0.39, 0.29) is 5.91 Å². The Hall–Kier alpha value is -3.21. The molecule has 0 saturated heterocycles. The molecule has 138 valence electrons. The van der Waals surface area contributed by atoms with Crippen LogP contribution in [0.4, 0.5) is 5.82 Å². The summed E-state index contributed by atoms with van der Waals surface area (Å²) in [6, 6.07) is 21.5. The third kappa shape index (κ3) is 5.38. The molecule has 0 atom stereocenters. The molecule has 0 aliphatic heterocycles. The molecule has 3 rings (SSSR count). The molecule has 0 aliphatic carbocycles. The smallest absolute Gasteiger partial charge is 0.270 e. The van der Waals surface area contributed by atoms with Crippen LogP contribution in [-0.2, 0) is 6.54 Å². The lowest BCUT2D eigenvalue weighted by atomic mass is 10.2. The van der Waals surface area contributed by atoms with Gasteiger partial charge in [0.25, 0.3) is 5.91 Å². The van der Waals surface area contributed by atoms with Gasteiger partial charge in [0.1, 0.15) is 11.5 Å². The molecule has 0 aliphatic rings. The molecule has 2 aromatic carbocycles. The van der Waals surface area contributed by atoms with E-state index in [2.05, 4.69) is 27.5 Å². The number of hydrogen-bond acceptors (Lipinski definition) is 4. The summed E-state index contributed by atoms with van der Waals surface area (Å²) in [5, 5.41) is 6.23. The minimum absolute atomic E-state index is 0.175. The number of hydrogen-bond donors (Lipinski definition) is 2. The first-order valence-corrected chi connectivity index (χ1v) is 9.27. The number of aromatic nitrogens is 2. The van der Waals surface area contributed by atoms with Gasteiger partial charge in [0.15, 0.2) is 5.82 Å². The molecule has 0 saturated carbocycles. The molecule has 0 spiro atoms. The molecule has 1 aromatic heterocycles. The van der Waals surface area contributed by atoms with Gasteiger partial charge in [0, 0.05) is 24.7 Å². The summed E-state index contributed by atoms with van der Waals surface area (Å²) in [5.74, 6) is 0.994. The highest BCUT2D eigenvalue weighted by Gasteiger charge is 2.12. The monoisotopic (exact) mass is 360 g/mol. The quantitative estimate of drug-likeness (QED) is 0.588. The Morgan fingerprint density at radius 3 is 2.37 bits per heavy atom. The van der Waals surface area contributed by atoms with E-state index in [1.165, 1.54) is 0 Å². The number of unbranched alkanes of at least 4 members (excludes halogenated alkanes) is 1. The van der Waals surface area contributed by atoms with Crippen molar-refractivity contribution in [2.45, 2.75) is 26.3 Å². The molecule has 2 N–H and O–H groups in total. The van der Waals surface area contributed by atoms with Gasteiger partial charge in [0.05, 0.1) is 0 Å². The molecular formula is C22H24N4O. The second kappa shape index (κ2) is 9.48. The highest BCUT2D eigenvalue weighted by atomic mass is 16.1. The summed E-state index contributed by atoms with van der Waals surface area (Å²) < 4.78 is 0. The number of nitrogens with zero attached hydrogens (tertiary/aromatic N) is 2. The van der Waals surface area contributed by atoms with E-state index in [4.69, 9.17) is 0 Å². The lowest BCUT2D eigenvalue weighted by Gasteiger charge is -2.11. The number of anilines is 1. The van der Waals surface area contributed by atoms with Crippen LogP contribution in [-0.4, -0.2) is 22.4 Å². The van der Waals surface area contributed by atoms with Crippen molar-refractivity contribution < 1.29 is 4.79 Å². The second-order valence-electron chi connectivity index (χ2n) is 6.28. The van der Waals surface area contributed by atoms with Gasteiger partial charge >= 0.3 is 0 Å². The molecule has 0 radical (unpaired) electrons. The Morgan fingerprint density at radius 1 is 0.963 bits per heavy atom. The third-order valence-corrected chi connectivity index (χ3v) is 4.12. The van der Waals surface area contributed by atoms with Crippen molar-refractivity contribution in [3.05, 3.63) is 78.0 Å². The maximum Gasteiger partial charge on any atom is 0.270 e. The number of benzene rings is 2. The number of nitrogens with one attached hydrogen (secondary N) is 2. The van der Waals surface area contributed by atoms with Crippen LogP contribution >= 0.6 is 0 Å². The highest BCUT2D eigenvalue weighted by Crippen LogP contribution is 2.18. The van der Waals surface area contributed by atoms with E-state index in [1.807, 2.05) is 60.7 Å². The lowest BCUT2D eigenvalue weighted by molar-refractivity contribution is 0.0948. The molecule has 5 nitrogen and oxygen atoms in total. The van der Waals surface area contributed by atoms with Crippen molar-refractivity contribution in [1.82, 2.24) is 15.3 Å². The van der Waals surface area contributed by atoms with E-state index < -0.39 is 0 Å². The van der Waals surface area contributed by atoms with E-state index in [1.54, 1.807) is 6.07 Å². The van der Waals surface area contributed by atoms with Crippen molar-refractivity contribution in [1.29, 1.82) is 0 Å². The largest absolute Gasteiger partial charge is 0.366 e. The van der Waals surface area contributed by atoms with Gasteiger partial charge in [-0.3, -0.25) is 4.79 Å². The summed E-state index contributed by atoms with van der Waals surface area (Å²) >= 11 is 0. The molecule has 5 heteroatoms. The zero-order valence-electron chi connectivity index (χ0n) is 15.5. The minimum atomic E-state index is -0.175. The van der Waals surface area contributed by atoms with Crippen LogP contribution in [0.3, 0.4) is 0 Å². The van der Waals surface area contributed by atoms with E-state index in [9.17, 15) is 4.79 Å². The predicted octanol–water partition coefficient (Wildman–Crippen LogP) is 4.29. The Kier molecular flexibility index (Phi) is 6.52. The van der Waals surface area contributed by atoms with Crippen LogP contribution in [0.2, 0.25) is 0 Å². The molecule has 1 heterocycles. The van der Waals surface area contributed by atoms with E-state index >= 15 is 0 Å². The van der Waals surface area contributed by atoms with Crippen LogP contribution < -0.4 is 10.6 Å². The number of amides is 1. The summed E-state index contributed by atoms with van der Waals surface area (Å²) in [5.41, 5.74) is 2.39. The molecule has 0 fully saturated rings. The van der Waals surface area contributed by atoms with Crippen LogP contribution in [0.25, 0.3) is 11.4 Å². The second-order valence-corrected chi connectivity index (χ2v) is 6.28. The maximum atomic E-state index is 12.5. The fourth-order valence-electron chi connectivity index (χ4n) is 2.63. The number of carbonyl (C=O) groups excluding carboxylic acids is 1. The van der Waals surface area contributed by atoms with Crippen molar-refractivity contribution in [3.8, 4) is 11.4 Å². The fraction of sp³-hybridized carbons (Fsp3) is 0.227.